The molecule has 0 amide bonds. The number of pyridine rings is 1. The van der Waals surface area contributed by atoms with Crippen LogP contribution in [0.25, 0.3) is 22.0 Å². The molecule has 0 unspecified atom stereocenters. The third kappa shape index (κ3) is 3.29. The highest BCUT2D eigenvalue weighted by molar-refractivity contribution is 5.99. The van der Waals surface area contributed by atoms with Gasteiger partial charge in [0.15, 0.2) is 5.82 Å². The predicted octanol–water partition coefficient (Wildman–Crippen LogP) is 4.41. The van der Waals surface area contributed by atoms with Gasteiger partial charge in [0, 0.05) is 60.1 Å². The molecule has 144 valence electrons. The molecule has 1 saturated heterocycles. The summed E-state index contributed by atoms with van der Waals surface area (Å²) >= 11 is 0. The Kier molecular flexibility index (Phi) is 4.56. The van der Waals surface area contributed by atoms with Crippen LogP contribution in [0.4, 0.5) is 11.5 Å². The number of hydrogen-bond acceptors (Lipinski definition) is 5. The van der Waals surface area contributed by atoms with Crippen LogP contribution in [-0.2, 0) is 0 Å². The minimum atomic E-state index is 0.323. The molecule has 0 N–H and O–H groups in total. The van der Waals surface area contributed by atoms with E-state index in [-0.39, 0.29) is 0 Å². The van der Waals surface area contributed by atoms with E-state index >= 15 is 0 Å². The van der Waals surface area contributed by atoms with Crippen molar-refractivity contribution in [2.75, 3.05) is 29.4 Å². The third-order valence-electron chi connectivity index (χ3n) is 5.63. The zero-order valence-electron chi connectivity index (χ0n) is 16.4. The summed E-state index contributed by atoms with van der Waals surface area (Å²) in [6, 6.07) is 23.2. The highest BCUT2D eigenvalue weighted by Crippen LogP contribution is 2.32. The Morgan fingerprint density at radius 1 is 0.828 bits per heavy atom. The van der Waals surface area contributed by atoms with Gasteiger partial charge in [-0.1, -0.05) is 48.5 Å². The van der Waals surface area contributed by atoms with Gasteiger partial charge >= 0.3 is 0 Å². The standard InChI is InChI=1S/C24H23N5/c1-18-17-28(20-10-6-3-7-11-20)14-15-29(18)24-22-16-25-13-12-21(22)23(26-27-24)19-8-4-2-5-9-19/h2-13,16,18H,14-15,17H2,1H3/t18-/m1/s1. The van der Waals surface area contributed by atoms with Gasteiger partial charge in [0.1, 0.15) is 5.69 Å². The molecule has 1 aliphatic rings. The van der Waals surface area contributed by atoms with Crippen molar-refractivity contribution in [3.8, 4) is 11.3 Å². The quantitative estimate of drug-likeness (QED) is 0.526. The summed E-state index contributed by atoms with van der Waals surface area (Å²) in [5, 5.41) is 11.5. The molecule has 1 atom stereocenters. The fourth-order valence-corrected chi connectivity index (χ4v) is 4.15. The van der Waals surface area contributed by atoms with E-state index in [9.17, 15) is 0 Å². The van der Waals surface area contributed by atoms with Gasteiger partial charge in [-0.3, -0.25) is 4.98 Å². The third-order valence-corrected chi connectivity index (χ3v) is 5.63. The topological polar surface area (TPSA) is 45.2 Å². The largest absolute Gasteiger partial charge is 0.368 e. The van der Waals surface area contributed by atoms with Crippen LogP contribution in [0, 0.1) is 0 Å². The van der Waals surface area contributed by atoms with Crippen molar-refractivity contribution in [1.82, 2.24) is 15.2 Å². The Bertz CT molecular complexity index is 1110. The number of piperazine rings is 1. The lowest BCUT2D eigenvalue weighted by atomic mass is 10.1. The van der Waals surface area contributed by atoms with Gasteiger partial charge < -0.3 is 9.80 Å². The maximum absolute atomic E-state index is 4.67. The number of hydrogen-bond donors (Lipinski definition) is 0. The van der Waals surface area contributed by atoms with Gasteiger partial charge in [-0.05, 0) is 25.1 Å². The first-order chi connectivity index (χ1) is 14.3. The molecule has 5 nitrogen and oxygen atoms in total. The maximum atomic E-state index is 4.67. The summed E-state index contributed by atoms with van der Waals surface area (Å²) in [5.41, 5.74) is 3.25. The molecule has 2 aromatic heterocycles. The van der Waals surface area contributed by atoms with Crippen LogP contribution in [0.2, 0.25) is 0 Å². The summed E-state index contributed by atoms with van der Waals surface area (Å²) in [4.78, 5) is 9.19. The minimum Gasteiger partial charge on any atom is -0.368 e. The van der Waals surface area contributed by atoms with Crippen LogP contribution >= 0.6 is 0 Å². The Balaban J connectivity index is 1.50. The number of aromatic nitrogens is 3. The second-order valence-electron chi connectivity index (χ2n) is 7.48. The average molecular weight is 381 g/mol. The van der Waals surface area contributed by atoms with Crippen molar-refractivity contribution in [2.24, 2.45) is 0 Å². The summed E-state index contributed by atoms with van der Waals surface area (Å²) in [7, 11) is 0. The van der Waals surface area contributed by atoms with Crippen molar-refractivity contribution < 1.29 is 0 Å². The molecule has 0 radical (unpaired) electrons. The molecular formula is C24H23N5. The predicted molar refractivity (Wildman–Crippen MR) is 118 cm³/mol. The van der Waals surface area contributed by atoms with E-state index in [1.807, 2.05) is 36.7 Å². The first-order valence-corrected chi connectivity index (χ1v) is 10.0. The van der Waals surface area contributed by atoms with Crippen LogP contribution in [0.3, 0.4) is 0 Å². The minimum absolute atomic E-state index is 0.323. The van der Waals surface area contributed by atoms with E-state index < -0.39 is 0 Å². The molecule has 5 heteroatoms. The van der Waals surface area contributed by atoms with Gasteiger partial charge in [0.25, 0.3) is 0 Å². The average Bonchev–Trinajstić information content (AvgIpc) is 2.80. The summed E-state index contributed by atoms with van der Waals surface area (Å²) in [6.45, 7) is 5.07. The number of para-hydroxylation sites is 1. The summed E-state index contributed by atoms with van der Waals surface area (Å²) < 4.78 is 0. The lowest BCUT2D eigenvalue weighted by Crippen LogP contribution is -2.52. The molecule has 4 aromatic rings. The van der Waals surface area contributed by atoms with E-state index in [0.717, 1.165) is 47.5 Å². The molecule has 0 saturated carbocycles. The molecule has 2 aromatic carbocycles. The Hall–Kier alpha value is -3.47. The number of fused-ring (bicyclic) bond motifs is 1. The van der Waals surface area contributed by atoms with Gasteiger partial charge in [-0.2, -0.15) is 0 Å². The molecule has 0 bridgehead atoms. The number of nitrogens with zero attached hydrogens (tertiary/aromatic N) is 5. The Morgan fingerprint density at radius 3 is 2.34 bits per heavy atom. The molecule has 5 rings (SSSR count). The smallest absolute Gasteiger partial charge is 0.161 e. The zero-order chi connectivity index (χ0) is 19.6. The van der Waals surface area contributed by atoms with Crippen LogP contribution in [-0.4, -0.2) is 40.9 Å². The van der Waals surface area contributed by atoms with Crippen LogP contribution in [0.1, 0.15) is 6.92 Å². The second kappa shape index (κ2) is 7.51. The van der Waals surface area contributed by atoms with E-state index in [2.05, 4.69) is 74.4 Å². The molecule has 0 spiro atoms. The number of benzene rings is 2. The van der Waals surface area contributed by atoms with Gasteiger partial charge in [-0.15, -0.1) is 10.2 Å². The molecule has 1 aliphatic heterocycles. The molecular weight excluding hydrogens is 358 g/mol. The second-order valence-corrected chi connectivity index (χ2v) is 7.48. The van der Waals surface area contributed by atoms with Gasteiger partial charge in [0.2, 0.25) is 0 Å². The molecule has 0 aliphatic carbocycles. The van der Waals surface area contributed by atoms with Crippen LogP contribution in [0.5, 0.6) is 0 Å². The first kappa shape index (κ1) is 17.6. The van der Waals surface area contributed by atoms with E-state index in [0.29, 0.717) is 6.04 Å². The SMILES string of the molecule is C[C@@H]1CN(c2ccccc2)CCN1c1nnc(-c2ccccc2)c2ccncc12. The van der Waals surface area contributed by atoms with Crippen LogP contribution in [0.15, 0.2) is 79.1 Å². The number of rotatable bonds is 3. The summed E-state index contributed by atoms with van der Waals surface area (Å²) in [6.07, 6.45) is 3.75. The highest BCUT2D eigenvalue weighted by Gasteiger charge is 2.27. The van der Waals surface area contributed by atoms with Crippen molar-refractivity contribution >= 4 is 22.3 Å². The molecule has 1 fully saturated rings. The molecule has 29 heavy (non-hydrogen) atoms. The van der Waals surface area contributed by atoms with E-state index in [1.165, 1.54) is 5.69 Å². The maximum Gasteiger partial charge on any atom is 0.161 e. The first-order valence-electron chi connectivity index (χ1n) is 10.0. The monoisotopic (exact) mass is 381 g/mol. The van der Waals surface area contributed by atoms with Crippen LogP contribution < -0.4 is 9.80 Å². The molecule has 3 heterocycles. The normalized spacial score (nSPS) is 16.9. The van der Waals surface area contributed by atoms with Gasteiger partial charge in [0.05, 0.1) is 0 Å². The fourth-order valence-electron chi connectivity index (χ4n) is 4.15. The number of anilines is 2. The van der Waals surface area contributed by atoms with Gasteiger partial charge in [-0.25, -0.2) is 0 Å². The lowest BCUT2D eigenvalue weighted by molar-refractivity contribution is 0.545. The Labute approximate surface area is 170 Å². The zero-order valence-corrected chi connectivity index (χ0v) is 16.4. The highest BCUT2D eigenvalue weighted by atomic mass is 15.3. The lowest BCUT2D eigenvalue weighted by Gasteiger charge is -2.41. The van der Waals surface area contributed by atoms with Crippen molar-refractivity contribution in [2.45, 2.75) is 13.0 Å². The van der Waals surface area contributed by atoms with E-state index in [4.69, 9.17) is 0 Å². The fraction of sp³-hybridized carbons (Fsp3) is 0.208. The van der Waals surface area contributed by atoms with Crippen molar-refractivity contribution in [3.63, 3.8) is 0 Å². The summed E-state index contributed by atoms with van der Waals surface area (Å²) in [5.74, 6) is 0.924. The Morgan fingerprint density at radius 2 is 1.59 bits per heavy atom. The van der Waals surface area contributed by atoms with E-state index in [1.54, 1.807) is 0 Å². The van der Waals surface area contributed by atoms with Crippen molar-refractivity contribution in [3.05, 3.63) is 79.1 Å². The van der Waals surface area contributed by atoms with Crippen molar-refractivity contribution in [1.29, 1.82) is 0 Å².